The number of alkyl halides is 2. The monoisotopic (exact) mass is 193 g/mol. The first-order valence-corrected chi connectivity index (χ1v) is 3.65. The second kappa shape index (κ2) is 3.23. The summed E-state index contributed by atoms with van der Waals surface area (Å²) in [6.07, 6.45) is -1.11. The van der Waals surface area contributed by atoms with Crippen molar-refractivity contribution in [2.45, 2.75) is 13.3 Å². The molecule has 66 valence electrons. The first-order valence-electron chi connectivity index (χ1n) is 3.27. The molecule has 0 saturated carbocycles. The Kier molecular flexibility index (Phi) is 2.47. The molecule has 0 unspecified atom stereocenters. The van der Waals surface area contributed by atoms with Crippen LogP contribution in [0.3, 0.4) is 0 Å². The van der Waals surface area contributed by atoms with Crippen LogP contribution in [-0.4, -0.2) is 0 Å². The molecule has 0 amide bonds. The topological polar surface area (TPSA) is 29.9 Å². The van der Waals surface area contributed by atoms with Gasteiger partial charge in [-0.25, -0.2) is 14.6 Å². The smallest absolute Gasteiger partial charge is 0.205 e. The fraction of sp³-hybridized carbons (Fsp3) is 0.286. The maximum Gasteiger partial charge on any atom is 0.312 e. The predicted octanol–water partition coefficient (Wildman–Crippen LogP) is 1.59. The molecule has 0 saturated heterocycles. The number of hydrogen-bond donors (Lipinski definition) is 1. The number of nitrogens with zero attached hydrogens (tertiary/aromatic N) is 1. The molecule has 5 heteroatoms. The Morgan fingerprint density at radius 3 is 2.67 bits per heavy atom. The van der Waals surface area contributed by atoms with Gasteiger partial charge in [0.05, 0.1) is 0 Å². The SMILES string of the molecule is Cc1cc(C(F)F)c(Cl)[n+](N)c1. The van der Waals surface area contributed by atoms with E-state index in [9.17, 15) is 8.78 Å². The van der Waals surface area contributed by atoms with Crippen molar-refractivity contribution in [2.24, 2.45) is 0 Å². The van der Waals surface area contributed by atoms with E-state index in [1.165, 1.54) is 12.3 Å². The molecule has 1 aromatic rings. The number of aryl methyl sites for hydroxylation is 1. The summed E-state index contributed by atoms with van der Waals surface area (Å²) in [5.41, 5.74) is 0.413. The molecule has 1 rings (SSSR count). The molecule has 0 aromatic carbocycles. The molecule has 2 nitrogen and oxygen atoms in total. The summed E-state index contributed by atoms with van der Waals surface area (Å²) in [7, 11) is 0. The van der Waals surface area contributed by atoms with Gasteiger partial charge in [0.2, 0.25) is 6.20 Å². The lowest BCUT2D eigenvalue weighted by Gasteiger charge is -2.00. The van der Waals surface area contributed by atoms with Crippen LogP contribution in [0.4, 0.5) is 8.78 Å². The quantitative estimate of drug-likeness (QED) is 0.410. The Hall–Kier alpha value is -0.900. The lowest BCUT2D eigenvalue weighted by atomic mass is 10.2. The fourth-order valence-electron chi connectivity index (χ4n) is 0.920. The van der Waals surface area contributed by atoms with E-state index >= 15 is 0 Å². The van der Waals surface area contributed by atoms with Gasteiger partial charge in [-0.15, -0.1) is 0 Å². The van der Waals surface area contributed by atoms with Crippen LogP contribution >= 0.6 is 11.6 Å². The average molecular weight is 194 g/mol. The van der Waals surface area contributed by atoms with E-state index in [-0.39, 0.29) is 10.7 Å². The Balaban J connectivity index is 3.28. The van der Waals surface area contributed by atoms with Gasteiger partial charge in [0, 0.05) is 5.56 Å². The zero-order valence-electron chi connectivity index (χ0n) is 6.39. The summed E-state index contributed by atoms with van der Waals surface area (Å²) >= 11 is 5.52. The summed E-state index contributed by atoms with van der Waals surface area (Å²) in [6.45, 7) is 1.67. The van der Waals surface area contributed by atoms with Crippen molar-refractivity contribution in [3.05, 3.63) is 28.5 Å². The first kappa shape index (κ1) is 9.19. The van der Waals surface area contributed by atoms with E-state index in [2.05, 4.69) is 0 Å². The number of nitrogens with two attached hydrogens (primary N) is 1. The van der Waals surface area contributed by atoms with Crippen molar-refractivity contribution in [1.29, 1.82) is 0 Å². The molecular formula is C7H8ClF2N2+. The molecule has 1 heterocycles. The minimum absolute atomic E-state index is 0.129. The fourth-order valence-corrected chi connectivity index (χ4v) is 1.11. The van der Waals surface area contributed by atoms with E-state index < -0.39 is 6.43 Å². The lowest BCUT2D eigenvalue weighted by molar-refractivity contribution is -0.637. The molecule has 0 aliphatic heterocycles. The van der Waals surface area contributed by atoms with Crippen LogP contribution in [0.15, 0.2) is 12.3 Å². The Morgan fingerprint density at radius 1 is 1.58 bits per heavy atom. The molecule has 1 aromatic heterocycles. The van der Waals surface area contributed by atoms with Crippen molar-refractivity contribution in [3.8, 4) is 0 Å². The minimum atomic E-state index is -2.59. The van der Waals surface area contributed by atoms with Gasteiger partial charge in [-0.1, -0.05) is 4.68 Å². The van der Waals surface area contributed by atoms with Gasteiger partial charge in [0.25, 0.3) is 6.43 Å². The van der Waals surface area contributed by atoms with Gasteiger partial charge < -0.3 is 0 Å². The first-order chi connectivity index (χ1) is 5.52. The average Bonchev–Trinajstić information content (AvgIpc) is 1.96. The number of nitrogen functional groups attached to an aromatic ring is 1. The largest absolute Gasteiger partial charge is 0.312 e. The number of pyridine rings is 1. The molecule has 0 radical (unpaired) electrons. The van der Waals surface area contributed by atoms with Gasteiger partial charge in [0.15, 0.2) is 0 Å². The van der Waals surface area contributed by atoms with Crippen molar-refractivity contribution in [1.82, 2.24) is 0 Å². The van der Waals surface area contributed by atoms with Gasteiger partial charge in [-0.3, -0.25) is 0 Å². The molecular weight excluding hydrogens is 186 g/mol. The summed E-state index contributed by atoms with van der Waals surface area (Å²) in [6, 6.07) is 1.32. The van der Waals surface area contributed by atoms with Crippen molar-refractivity contribution in [3.63, 3.8) is 0 Å². The van der Waals surface area contributed by atoms with Crippen molar-refractivity contribution in [2.75, 3.05) is 5.84 Å². The molecule has 0 fully saturated rings. The van der Waals surface area contributed by atoms with Crippen LogP contribution in [0.25, 0.3) is 0 Å². The molecule has 12 heavy (non-hydrogen) atoms. The summed E-state index contributed by atoms with van der Waals surface area (Å²) in [5, 5.41) is -0.129. The summed E-state index contributed by atoms with van der Waals surface area (Å²) in [4.78, 5) is 0. The predicted molar refractivity (Wildman–Crippen MR) is 41.5 cm³/mol. The zero-order chi connectivity index (χ0) is 9.30. The van der Waals surface area contributed by atoms with E-state index in [1.807, 2.05) is 0 Å². The number of rotatable bonds is 1. The van der Waals surface area contributed by atoms with E-state index in [0.29, 0.717) is 5.56 Å². The molecule has 0 spiro atoms. The highest BCUT2D eigenvalue weighted by atomic mass is 35.5. The van der Waals surface area contributed by atoms with Crippen LogP contribution in [0.1, 0.15) is 17.6 Å². The highest BCUT2D eigenvalue weighted by Gasteiger charge is 2.20. The third-order valence-electron chi connectivity index (χ3n) is 1.43. The summed E-state index contributed by atoms with van der Waals surface area (Å²) < 4.78 is 25.5. The Labute approximate surface area is 73.5 Å². The standard InChI is InChI=1S/C7H8ClF2N2/c1-4-2-5(7(9)10)6(8)12(11)3-4/h2-3,7H,11H2,1H3/q+1. The van der Waals surface area contributed by atoms with Gasteiger partial charge in [-0.05, 0) is 24.6 Å². The van der Waals surface area contributed by atoms with Gasteiger partial charge in [0.1, 0.15) is 5.56 Å². The van der Waals surface area contributed by atoms with Crippen LogP contribution in [0, 0.1) is 6.92 Å². The molecule has 0 aliphatic carbocycles. The minimum Gasteiger partial charge on any atom is -0.205 e. The highest BCUT2D eigenvalue weighted by Crippen LogP contribution is 2.24. The molecule has 0 aliphatic rings. The van der Waals surface area contributed by atoms with Gasteiger partial charge in [-0.2, -0.15) is 0 Å². The number of aromatic nitrogens is 1. The zero-order valence-corrected chi connectivity index (χ0v) is 7.15. The van der Waals surface area contributed by atoms with Crippen LogP contribution in [0.5, 0.6) is 0 Å². The van der Waals surface area contributed by atoms with Gasteiger partial charge >= 0.3 is 5.15 Å². The third-order valence-corrected chi connectivity index (χ3v) is 1.84. The maximum absolute atomic E-state index is 12.2. The van der Waals surface area contributed by atoms with E-state index in [4.69, 9.17) is 17.4 Å². The maximum atomic E-state index is 12.2. The Bertz CT molecular complexity index is 302. The van der Waals surface area contributed by atoms with Crippen LogP contribution < -0.4 is 10.5 Å². The normalized spacial score (nSPS) is 10.8. The van der Waals surface area contributed by atoms with E-state index in [1.54, 1.807) is 6.92 Å². The Morgan fingerprint density at radius 2 is 2.17 bits per heavy atom. The van der Waals surface area contributed by atoms with Crippen molar-refractivity contribution < 1.29 is 13.5 Å². The molecule has 0 bridgehead atoms. The second-order valence-electron chi connectivity index (χ2n) is 2.47. The van der Waals surface area contributed by atoms with Crippen molar-refractivity contribution >= 4 is 11.6 Å². The molecule has 0 atom stereocenters. The van der Waals surface area contributed by atoms with Crippen LogP contribution in [0.2, 0.25) is 5.15 Å². The second-order valence-corrected chi connectivity index (χ2v) is 2.83. The van der Waals surface area contributed by atoms with E-state index in [0.717, 1.165) is 4.68 Å². The third kappa shape index (κ3) is 1.64. The molecule has 2 N–H and O–H groups in total. The highest BCUT2D eigenvalue weighted by molar-refractivity contribution is 6.29. The summed E-state index contributed by atoms with van der Waals surface area (Å²) in [5.74, 6) is 5.31. The van der Waals surface area contributed by atoms with Crippen LogP contribution in [-0.2, 0) is 0 Å². The lowest BCUT2D eigenvalue weighted by Crippen LogP contribution is -2.46. The number of hydrogen-bond acceptors (Lipinski definition) is 1. The number of halogens is 3.